The Labute approximate surface area is 128 Å². The quantitative estimate of drug-likeness (QED) is 0.816. The van der Waals surface area contributed by atoms with Crippen LogP contribution in [0, 0.1) is 6.92 Å². The van der Waals surface area contributed by atoms with Crippen LogP contribution in [0.5, 0.6) is 0 Å². The summed E-state index contributed by atoms with van der Waals surface area (Å²) >= 11 is 6.62. The molecule has 102 valence electrons. The molecule has 0 amide bonds. The van der Waals surface area contributed by atoms with Crippen LogP contribution < -0.4 is 5.32 Å². The molecule has 0 atom stereocenters. The van der Waals surface area contributed by atoms with Crippen molar-refractivity contribution in [1.82, 2.24) is 4.98 Å². The van der Waals surface area contributed by atoms with Crippen molar-refractivity contribution in [2.75, 3.05) is 11.9 Å². The Hall–Kier alpha value is -0.920. The average molecular weight is 361 g/mol. The number of carbonyl (C=O) groups is 1. The zero-order valence-corrected chi connectivity index (χ0v) is 13.7. The Morgan fingerprint density at radius 2 is 2.37 bits per heavy atom. The van der Waals surface area contributed by atoms with Crippen molar-refractivity contribution >= 4 is 49.7 Å². The first kappa shape index (κ1) is 14.5. The normalized spacial score (nSPS) is 10.5. The minimum absolute atomic E-state index is 0.360. The van der Waals surface area contributed by atoms with Gasteiger partial charge < -0.3 is 10.1 Å². The monoisotopic (exact) mass is 360 g/mol. The highest BCUT2D eigenvalue weighted by Crippen LogP contribution is 2.26. The number of rotatable bonds is 5. The van der Waals surface area contributed by atoms with Crippen LogP contribution in [0.25, 0.3) is 0 Å². The number of halogens is 1. The van der Waals surface area contributed by atoms with Crippen molar-refractivity contribution in [2.24, 2.45) is 0 Å². The third-order valence-corrected chi connectivity index (χ3v) is 5.21. The maximum absolute atomic E-state index is 11.7. The molecule has 0 aliphatic heterocycles. The lowest BCUT2D eigenvalue weighted by molar-refractivity contribution is 0.0519. The number of anilines is 1. The third kappa shape index (κ3) is 3.55. The molecule has 0 saturated carbocycles. The van der Waals surface area contributed by atoms with Crippen LogP contribution in [0.4, 0.5) is 5.13 Å². The summed E-state index contributed by atoms with van der Waals surface area (Å²) in [5.41, 5.74) is 0.402. The zero-order chi connectivity index (χ0) is 13.8. The number of thiazole rings is 1. The van der Waals surface area contributed by atoms with E-state index in [1.807, 2.05) is 18.4 Å². The van der Waals surface area contributed by atoms with Crippen molar-refractivity contribution in [3.05, 3.63) is 31.4 Å². The van der Waals surface area contributed by atoms with Crippen LogP contribution in [0.3, 0.4) is 0 Å². The Bertz CT molecular complexity index is 580. The molecular weight excluding hydrogens is 348 g/mol. The molecule has 2 heterocycles. The second-order valence-electron chi connectivity index (χ2n) is 3.69. The van der Waals surface area contributed by atoms with Gasteiger partial charge in [0.15, 0.2) is 10.8 Å². The molecule has 0 aliphatic rings. The van der Waals surface area contributed by atoms with Crippen LogP contribution >= 0.6 is 38.6 Å². The predicted octanol–water partition coefficient (Wildman–Crippen LogP) is 4.06. The molecule has 2 rings (SSSR count). The summed E-state index contributed by atoms with van der Waals surface area (Å²) in [5, 5.41) is 5.99. The van der Waals surface area contributed by atoms with Gasteiger partial charge in [0, 0.05) is 14.2 Å². The van der Waals surface area contributed by atoms with Gasteiger partial charge in [-0.1, -0.05) is 0 Å². The van der Waals surface area contributed by atoms with Crippen molar-refractivity contribution in [2.45, 2.75) is 20.4 Å². The summed E-state index contributed by atoms with van der Waals surface area (Å²) in [7, 11) is 0. The van der Waals surface area contributed by atoms with Gasteiger partial charge in [-0.3, -0.25) is 0 Å². The van der Waals surface area contributed by atoms with E-state index in [0.29, 0.717) is 18.8 Å². The van der Waals surface area contributed by atoms with Crippen molar-refractivity contribution < 1.29 is 9.53 Å². The standard InChI is InChI=1S/C12H13BrN2O2S2/c1-3-17-11(16)10-7(2)19-12(15-10)14-6-9-8(13)4-5-18-9/h4-5H,3,6H2,1-2H3,(H,14,15). The number of thiophene rings is 1. The van der Waals surface area contributed by atoms with Gasteiger partial charge in [-0.2, -0.15) is 0 Å². The Balaban J connectivity index is 2.04. The lowest BCUT2D eigenvalue weighted by Crippen LogP contribution is -2.07. The minimum Gasteiger partial charge on any atom is -0.461 e. The molecule has 0 bridgehead atoms. The summed E-state index contributed by atoms with van der Waals surface area (Å²) in [6.07, 6.45) is 0. The van der Waals surface area contributed by atoms with Gasteiger partial charge in [0.05, 0.1) is 13.2 Å². The van der Waals surface area contributed by atoms with Gasteiger partial charge in [0.25, 0.3) is 0 Å². The second kappa shape index (κ2) is 6.49. The largest absolute Gasteiger partial charge is 0.461 e. The highest BCUT2D eigenvalue weighted by Gasteiger charge is 2.16. The molecule has 1 N–H and O–H groups in total. The molecule has 0 unspecified atom stereocenters. The number of nitrogens with zero attached hydrogens (tertiary/aromatic N) is 1. The number of hydrogen-bond donors (Lipinski definition) is 1. The van der Waals surface area contributed by atoms with Gasteiger partial charge in [-0.05, 0) is 41.2 Å². The number of aryl methyl sites for hydroxylation is 1. The van der Waals surface area contributed by atoms with Crippen LogP contribution in [0.1, 0.15) is 27.2 Å². The van der Waals surface area contributed by atoms with E-state index in [9.17, 15) is 4.79 Å². The SMILES string of the molecule is CCOC(=O)c1nc(NCc2sccc2Br)sc1C. The maximum Gasteiger partial charge on any atom is 0.358 e. The summed E-state index contributed by atoms with van der Waals surface area (Å²) in [6.45, 7) is 4.71. The van der Waals surface area contributed by atoms with Crippen molar-refractivity contribution in [3.63, 3.8) is 0 Å². The second-order valence-corrected chi connectivity index (χ2v) is 6.75. The molecule has 2 aromatic heterocycles. The predicted molar refractivity (Wildman–Crippen MR) is 82.2 cm³/mol. The molecule has 0 fully saturated rings. The van der Waals surface area contributed by atoms with Crippen molar-refractivity contribution in [3.8, 4) is 0 Å². The molecule has 19 heavy (non-hydrogen) atoms. The first-order chi connectivity index (χ1) is 9.11. The third-order valence-electron chi connectivity index (χ3n) is 2.36. The van der Waals surface area contributed by atoms with Gasteiger partial charge in [0.1, 0.15) is 0 Å². The van der Waals surface area contributed by atoms with E-state index in [2.05, 4.69) is 26.2 Å². The topological polar surface area (TPSA) is 51.2 Å². The number of nitrogens with one attached hydrogen (secondary N) is 1. The minimum atomic E-state index is -0.360. The van der Waals surface area contributed by atoms with Gasteiger partial charge in [-0.15, -0.1) is 22.7 Å². The molecule has 0 aromatic carbocycles. The average Bonchev–Trinajstić information content (AvgIpc) is 2.93. The molecule has 2 aromatic rings. The molecule has 7 heteroatoms. The Kier molecular flexibility index (Phi) is 4.95. The number of esters is 1. The number of carbonyl (C=O) groups excluding carboxylic acids is 1. The van der Waals surface area contributed by atoms with E-state index in [0.717, 1.165) is 14.5 Å². The molecule has 4 nitrogen and oxygen atoms in total. The first-order valence-electron chi connectivity index (χ1n) is 5.72. The van der Waals surface area contributed by atoms with Gasteiger partial charge in [-0.25, -0.2) is 9.78 Å². The molecule has 0 saturated heterocycles. The fourth-order valence-electron chi connectivity index (χ4n) is 1.47. The lowest BCUT2D eigenvalue weighted by atomic mass is 10.4. The number of aromatic nitrogens is 1. The van der Waals surface area contributed by atoms with E-state index >= 15 is 0 Å². The van der Waals surface area contributed by atoms with E-state index in [1.165, 1.54) is 16.2 Å². The first-order valence-corrected chi connectivity index (χ1v) is 8.21. The van der Waals surface area contributed by atoms with Crippen LogP contribution in [0.15, 0.2) is 15.9 Å². The van der Waals surface area contributed by atoms with E-state index in [1.54, 1.807) is 18.3 Å². The van der Waals surface area contributed by atoms with Gasteiger partial charge >= 0.3 is 5.97 Å². The molecule has 0 radical (unpaired) electrons. The number of ether oxygens (including phenoxy) is 1. The lowest BCUT2D eigenvalue weighted by Gasteiger charge is -2.00. The highest BCUT2D eigenvalue weighted by molar-refractivity contribution is 9.10. The highest BCUT2D eigenvalue weighted by atomic mass is 79.9. The fourth-order valence-corrected chi connectivity index (χ4v) is 3.70. The molecule has 0 aliphatic carbocycles. The Morgan fingerprint density at radius 1 is 1.58 bits per heavy atom. The van der Waals surface area contributed by atoms with Crippen molar-refractivity contribution in [1.29, 1.82) is 0 Å². The van der Waals surface area contributed by atoms with E-state index in [4.69, 9.17) is 4.74 Å². The van der Waals surface area contributed by atoms with Crippen LogP contribution in [-0.4, -0.2) is 17.6 Å². The smallest absolute Gasteiger partial charge is 0.358 e. The summed E-state index contributed by atoms with van der Waals surface area (Å²) in [5.74, 6) is -0.360. The van der Waals surface area contributed by atoms with E-state index < -0.39 is 0 Å². The maximum atomic E-state index is 11.7. The Morgan fingerprint density at radius 3 is 3.00 bits per heavy atom. The molecule has 0 spiro atoms. The van der Waals surface area contributed by atoms with Crippen LogP contribution in [-0.2, 0) is 11.3 Å². The fraction of sp³-hybridized carbons (Fsp3) is 0.333. The summed E-state index contributed by atoms with van der Waals surface area (Å²) in [6, 6.07) is 2.01. The summed E-state index contributed by atoms with van der Waals surface area (Å²) < 4.78 is 6.05. The summed E-state index contributed by atoms with van der Waals surface area (Å²) in [4.78, 5) is 18.0. The zero-order valence-electron chi connectivity index (χ0n) is 10.5. The van der Waals surface area contributed by atoms with Gasteiger partial charge in [0.2, 0.25) is 0 Å². The van der Waals surface area contributed by atoms with E-state index in [-0.39, 0.29) is 5.97 Å². The number of hydrogen-bond acceptors (Lipinski definition) is 6. The molecular formula is C12H13BrN2O2S2. The van der Waals surface area contributed by atoms with Crippen LogP contribution in [0.2, 0.25) is 0 Å².